The Kier molecular flexibility index (Phi) is 32.6. The first-order chi connectivity index (χ1) is 28.4. The number of hydrogen-bond acceptors (Lipinski definition) is 12. The molecule has 1 aliphatic carbocycles. The molecule has 13 nitrogen and oxygen atoms in total. The third kappa shape index (κ3) is 28.0. The highest BCUT2D eigenvalue weighted by Crippen LogP contribution is 2.47. The Morgan fingerprint density at radius 1 is 0.576 bits per heavy atom. The Balaban J connectivity index is 2.52. The highest BCUT2D eigenvalue weighted by Gasteiger charge is 2.51. The number of phosphoric acid groups is 1. The van der Waals surface area contributed by atoms with Gasteiger partial charge in [-0.15, -0.1) is 11.5 Å². The van der Waals surface area contributed by atoms with Crippen molar-refractivity contribution in [2.24, 2.45) is 0 Å². The lowest BCUT2D eigenvalue weighted by Gasteiger charge is -2.41. The van der Waals surface area contributed by atoms with Gasteiger partial charge in [0.1, 0.15) is 43.2 Å². The molecule has 0 aromatic carbocycles. The zero-order chi connectivity index (χ0) is 43.6. The highest BCUT2D eigenvalue weighted by molar-refractivity contribution is 7.47. The summed E-state index contributed by atoms with van der Waals surface area (Å²) in [5, 5.41) is 50.1. The average molecular weight is 857 g/mol. The molecule has 340 valence electrons. The molecule has 0 bridgehead atoms. The number of hydrogen-bond donors (Lipinski definition) is 6. The number of aliphatic hydroxyl groups excluding tert-OH is 5. The first kappa shape index (κ1) is 54.6. The predicted octanol–water partition coefficient (Wildman–Crippen LogP) is 8.14. The second kappa shape index (κ2) is 35.2. The van der Waals surface area contributed by atoms with Crippen LogP contribution in [0.25, 0.3) is 0 Å². The van der Waals surface area contributed by atoms with E-state index in [0.717, 1.165) is 96.3 Å². The van der Waals surface area contributed by atoms with Gasteiger partial charge in [0, 0.05) is 12.8 Å². The predicted molar refractivity (Wildman–Crippen MR) is 228 cm³/mol. The summed E-state index contributed by atoms with van der Waals surface area (Å²) in [4.78, 5) is 35.6. The molecule has 0 saturated heterocycles. The zero-order valence-corrected chi connectivity index (χ0v) is 36.8. The smallest absolute Gasteiger partial charge is 0.462 e. The van der Waals surface area contributed by atoms with E-state index in [9.17, 15) is 44.6 Å². The molecule has 14 heteroatoms. The summed E-state index contributed by atoms with van der Waals surface area (Å²) in [5.74, 6) is -1.15. The van der Waals surface area contributed by atoms with Crippen molar-refractivity contribution in [1.29, 1.82) is 0 Å². The lowest BCUT2D eigenvalue weighted by Crippen LogP contribution is -2.64. The van der Waals surface area contributed by atoms with Crippen LogP contribution in [0.5, 0.6) is 0 Å². The molecule has 0 aliphatic heterocycles. The maximum Gasteiger partial charge on any atom is 0.472 e. The van der Waals surface area contributed by atoms with Crippen LogP contribution in [0.15, 0.2) is 47.9 Å². The number of esters is 2. The van der Waals surface area contributed by atoms with E-state index >= 15 is 0 Å². The molecule has 8 atom stereocenters. The van der Waals surface area contributed by atoms with Gasteiger partial charge in [-0.1, -0.05) is 90.2 Å². The van der Waals surface area contributed by atoms with E-state index in [1.165, 1.54) is 32.1 Å². The molecule has 1 aliphatic rings. The standard InChI is InChI=1S/C45H77O13P/c1-3-5-7-9-11-13-15-17-19-21-23-25-27-29-31-33-38(46)55-35-37(36-56-59(53,54)58-45-43(51)41(49)40(48)42(50)44(45)52)57-39(47)34-32-30-28-26-24-22-20-18-16-14-12-10-8-6-4-2/h6,8,15-16,19-20,37,40-45,48-52H,3-5,7,9-14,21-36H2,1-2H3,(H,53,54)/b8-6+/t17?,18?,37-,40?,41-,42+,43+,44+,45?/m1/s1. The maximum atomic E-state index is 12.8. The molecule has 0 spiro atoms. The number of ether oxygens (including phenoxy) is 2. The van der Waals surface area contributed by atoms with Gasteiger partial charge in [0.2, 0.25) is 0 Å². The van der Waals surface area contributed by atoms with Gasteiger partial charge in [0.15, 0.2) is 6.10 Å². The van der Waals surface area contributed by atoms with Crippen LogP contribution in [0.1, 0.15) is 168 Å². The van der Waals surface area contributed by atoms with Gasteiger partial charge in [-0.05, 0) is 101 Å². The Labute approximate surface area is 353 Å². The molecule has 0 amide bonds. The zero-order valence-electron chi connectivity index (χ0n) is 35.9. The van der Waals surface area contributed by atoms with Crippen LogP contribution in [0.3, 0.4) is 0 Å². The molecular weight excluding hydrogens is 779 g/mol. The van der Waals surface area contributed by atoms with Crippen molar-refractivity contribution >= 4 is 19.8 Å². The van der Waals surface area contributed by atoms with Gasteiger partial charge < -0.3 is 39.9 Å². The van der Waals surface area contributed by atoms with Gasteiger partial charge in [0.05, 0.1) is 6.61 Å². The first-order valence-corrected chi connectivity index (χ1v) is 23.8. The number of rotatable bonds is 35. The van der Waals surface area contributed by atoms with E-state index in [2.05, 4.69) is 61.8 Å². The third-order valence-electron chi connectivity index (χ3n) is 9.98. The minimum atomic E-state index is -5.13. The second-order valence-electron chi connectivity index (χ2n) is 15.4. The van der Waals surface area contributed by atoms with Gasteiger partial charge >= 0.3 is 19.8 Å². The minimum absolute atomic E-state index is 0.0670. The number of carbonyl (C=O) groups excluding carboxylic acids is 2. The van der Waals surface area contributed by atoms with Crippen LogP contribution in [-0.4, -0.2) is 98.3 Å². The van der Waals surface area contributed by atoms with E-state index in [0.29, 0.717) is 12.8 Å². The van der Waals surface area contributed by atoms with Crippen LogP contribution >= 0.6 is 7.82 Å². The monoisotopic (exact) mass is 857 g/mol. The van der Waals surface area contributed by atoms with Crippen molar-refractivity contribution in [3.63, 3.8) is 0 Å². The van der Waals surface area contributed by atoms with Crippen LogP contribution in [-0.2, 0) is 32.7 Å². The van der Waals surface area contributed by atoms with Crippen LogP contribution in [0.2, 0.25) is 0 Å². The van der Waals surface area contributed by atoms with Crippen molar-refractivity contribution in [2.45, 2.75) is 211 Å². The van der Waals surface area contributed by atoms with Gasteiger partial charge in [-0.25, -0.2) is 4.57 Å². The summed E-state index contributed by atoms with van der Waals surface area (Å²) >= 11 is 0. The number of aliphatic hydroxyl groups is 5. The molecule has 59 heavy (non-hydrogen) atoms. The third-order valence-corrected chi connectivity index (χ3v) is 11.0. The van der Waals surface area contributed by atoms with Crippen LogP contribution < -0.4 is 0 Å². The Bertz CT molecular complexity index is 1290. The number of unbranched alkanes of at least 4 members (excludes halogenated alkanes) is 17. The molecule has 0 heterocycles. The number of carbonyl (C=O) groups is 2. The SMILES string of the molecule is CC/C=C/CCCC=C=CCCCCCCCC(=O)O[C@H](COC(=O)CCCCCCCC=C=CCCCCCCC)COP(=O)(O)OC1[C@@H](O)[C@H](O)C(O)[C@H](O)[C@@H]1O. The minimum Gasteiger partial charge on any atom is -0.462 e. The lowest BCUT2D eigenvalue weighted by atomic mass is 9.85. The molecule has 0 aromatic heterocycles. The largest absolute Gasteiger partial charge is 0.472 e. The van der Waals surface area contributed by atoms with E-state index in [1.54, 1.807) is 0 Å². The molecule has 1 rings (SSSR count). The maximum absolute atomic E-state index is 12.8. The summed E-state index contributed by atoms with van der Waals surface area (Å²) in [6, 6.07) is 0. The average Bonchev–Trinajstić information content (AvgIpc) is 3.21. The fraction of sp³-hybridized carbons (Fsp3) is 0.778. The van der Waals surface area contributed by atoms with Gasteiger partial charge in [0.25, 0.3) is 0 Å². The number of phosphoric ester groups is 1. The van der Waals surface area contributed by atoms with E-state index < -0.39 is 75.7 Å². The normalized spacial score (nSPS) is 21.8. The number of allylic oxidation sites excluding steroid dienone is 4. The Morgan fingerprint density at radius 2 is 1.03 bits per heavy atom. The molecule has 0 aromatic rings. The summed E-state index contributed by atoms with van der Waals surface area (Å²) in [7, 11) is -5.13. The Morgan fingerprint density at radius 3 is 1.56 bits per heavy atom. The summed E-state index contributed by atoms with van der Waals surface area (Å²) < 4.78 is 33.4. The van der Waals surface area contributed by atoms with Crippen LogP contribution in [0, 0.1) is 0 Å². The highest BCUT2D eigenvalue weighted by atomic mass is 31.2. The van der Waals surface area contributed by atoms with Crippen molar-refractivity contribution in [1.82, 2.24) is 0 Å². The summed E-state index contributed by atoms with van der Waals surface area (Å²) in [6.07, 6.45) is 22.0. The summed E-state index contributed by atoms with van der Waals surface area (Å²) in [6.45, 7) is 3.13. The molecule has 1 saturated carbocycles. The summed E-state index contributed by atoms with van der Waals surface area (Å²) in [5.41, 5.74) is 6.50. The fourth-order valence-electron chi connectivity index (χ4n) is 6.37. The van der Waals surface area contributed by atoms with E-state index in [-0.39, 0.29) is 12.8 Å². The lowest BCUT2D eigenvalue weighted by molar-refractivity contribution is -0.220. The topological polar surface area (TPSA) is 210 Å². The molecule has 3 unspecified atom stereocenters. The van der Waals surface area contributed by atoms with Crippen molar-refractivity contribution in [3.8, 4) is 0 Å². The quantitative estimate of drug-likeness (QED) is 0.0117. The second-order valence-corrected chi connectivity index (χ2v) is 16.8. The van der Waals surface area contributed by atoms with E-state index in [1.807, 2.05) is 0 Å². The van der Waals surface area contributed by atoms with Crippen LogP contribution in [0.4, 0.5) is 0 Å². The molecule has 1 fully saturated rings. The van der Waals surface area contributed by atoms with Crippen molar-refractivity contribution < 1.29 is 63.1 Å². The van der Waals surface area contributed by atoms with Gasteiger partial charge in [-0.2, -0.15) is 0 Å². The first-order valence-electron chi connectivity index (χ1n) is 22.3. The van der Waals surface area contributed by atoms with E-state index in [4.69, 9.17) is 18.5 Å². The fourth-order valence-corrected chi connectivity index (χ4v) is 7.34. The molecule has 0 radical (unpaired) electrons. The van der Waals surface area contributed by atoms with Crippen molar-refractivity contribution in [3.05, 3.63) is 47.9 Å². The van der Waals surface area contributed by atoms with Crippen molar-refractivity contribution in [2.75, 3.05) is 13.2 Å². The Hall–Kier alpha value is -2.37. The molecular formula is C45H77O13P. The van der Waals surface area contributed by atoms with Gasteiger partial charge in [-0.3, -0.25) is 18.6 Å². The molecule has 6 N–H and O–H groups in total.